The van der Waals surface area contributed by atoms with E-state index in [1.807, 2.05) is 38.1 Å². The average molecular weight is 561 g/mol. The van der Waals surface area contributed by atoms with Crippen LogP contribution in [0.15, 0.2) is 47.4 Å². The van der Waals surface area contributed by atoms with Crippen molar-refractivity contribution in [1.29, 1.82) is 0 Å². The first kappa shape index (κ1) is 29.3. The summed E-state index contributed by atoms with van der Waals surface area (Å²) in [5.74, 6) is 0.174. The van der Waals surface area contributed by atoms with Crippen LogP contribution in [0.1, 0.15) is 75.2 Å². The molecule has 2 aliphatic heterocycles. The number of hydrogen-bond donors (Lipinski definition) is 1. The first-order valence-corrected chi connectivity index (χ1v) is 15.3. The molecule has 214 valence electrons. The van der Waals surface area contributed by atoms with Gasteiger partial charge in [0.15, 0.2) is 0 Å². The molecule has 4 rings (SSSR count). The number of aryl methyl sites for hydroxylation is 1. The Morgan fingerprint density at radius 2 is 1.79 bits per heavy atom. The van der Waals surface area contributed by atoms with E-state index in [2.05, 4.69) is 0 Å². The fraction of sp³-hybridized carbons (Fsp3) is 0.552. The number of nitrogens with two attached hydrogens (primary N) is 1. The molecule has 0 spiro atoms. The van der Waals surface area contributed by atoms with Crippen LogP contribution in [-0.4, -0.2) is 51.5 Å². The molecule has 1 atom stereocenters. The normalized spacial score (nSPS) is 18.5. The van der Waals surface area contributed by atoms with Crippen molar-refractivity contribution in [3.05, 3.63) is 59.2 Å². The number of amides is 1. The van der Waals surface area contributed by atoms with Crippen LogP contribution < -0.4 is 9.88 Å². The van der Waals surface area contributed by atoms with Gasteiger partial charge >= 0.3 is 6.09 Å². The number of ether oxygens (including phenoxy) is 4. The lowest BCUT2D eigenvalue weighted by Crippen LogP contribution is -2.35. The Bertz CT molecular complexity index is 1230. The second kappa shape index (κ2) is 13.1. The van der Waals surface area contributed by atoms with Gasteiger partial charge in [-0.25, -0.2) is 18.4 Å². The molecular weight excluding hydrogens is 520 g/mol. The minimum Gasteiger partial charge on any atom is -0.463 e. The lowest BCUT2D eigenvalue weighted by Gasteiger charge is -2.32. The van der Waals surface area contributed by atoms with E-state index in [-0.39, 0.29) is 17.1 Å². The van der Waals surface area contributed by atoms with Gasteiger partial charge in [0.05, 0.1) is 18.0 Å². The van der Waals surface area contributed by atoms with Gasteiger partial charge in [0.1, 0.15) is 11.9 Å². The van der Waals surface area contributed by atoms with Crippen LogP contribution in [0.5, 0.6) is 5.75 Å². The summed E-state index contributed by atoms with van der Waals surface area (Å²) < 4.78 is 45.9. The van der Waals surface area contributed by atoms with Gasteiger partial charge in [0.2, 0.25) is 15.8 Å². The standard InChI is InChI=1S/C29H40N2O7S/c1-29(2)36-21-24-19-23(13-14-26(24)38-29)27-20-31(28(32)37-27)15-6-8-17-35-16-7-4-3-5-10-22-11-9-12-25(18-22)39(30,33)34/h9,11-14,18-19,27H,3-8,10,15-17,20-21H2,1-2H3,(H2,30,33,34). The molecular formula is C29H40N2O7S. The van der Waals surface area contributed by atoms with Gasteiger partial charge in [-0.1, -0.05) is 31.0 Å². The van der Waals surface area contributed by atoms with E-state index in [9.17, 15) is 13.2 Å². The Hall–Kier alpha value is -2.66. The van der Waals surface area contributed by atoms with Crippen LogP contribution in [-0.2, 0) is 37.3 Å². The van der Waals surface area contributed by atoms with Crippen molar-refractivity contribution in [2.75, 3.05) is 26.3 Å². The van der Waals surface area contributed by atoms with Crippen LogP contribution >= 0.6 is 0 Å². The van der Waals surface area contributed by atoms with Crippen molar-refractivity contribution in [3.63, 3.8) is 0 Å². The molecule has 1 unspecified atom stereocenters. The second-order valence-electron chi connectivity index (χ2n) is 10.7. The van der Waals surface area contributed by atoms with Gasteiger partial charge in [-0.2, -0.15) is 0 Å². The summed E-state index contributed by atoms with van der Waals surface area (Å²) in [5.41, 5.74) is 2.91. The van der Waals surface area contributed by atoms with Crippen molar-refractivity contribution >= 4 is 16.1 Å². The maximum atomic E-state index is 12.4. The lowest BCUT2D eigenvalue weighted by molar-refractivity contribution is -0.180. The molecule has 1 amide bonds. The Kier molecular flexibility index (Phi) is 9.87. The fourth-order valence-corrected chi connectivity index (χ4v) is 5.38. The monoisotopic (exact) mass is 560 g/mol. The summed E-state index contributed by atoms with van der Waals surface area (Å²) in [6, 6.07) is 12.7. The fourth-order valence-electron chi connectivity index (χ4n) is 4.80. The van der Waals surface area contributed by atoms with Crippen molar-refractivity contribution in [3.8, 4) is 5.75 Å². The van der Waals surface area contributed by atoms with Crippen molar-refractivity contribution < 1.29 is 32.2 Å². The summed E-state index contributed by atoms with van der Waals surface area (Å²) in [7, 11) is -3.66. The molecule has 2 N–H and O–H groups in total. The zero-order chi connectivity index (χ0) is 27.9. The van der Waals surface area contributed by atoms with Crippen molar-refractivity contribution in [2.45, 2.75) is 82.2 Å². The molecule has 1 saturated heterocycles. The first-order valence-electron chi connectivity index (χ1n) is 13.7. The Balaban J connectivity index is 1.04. The highest BCUT2D eigenvalue weighted by Gasteiger charge is 2.33. The number of unbranched alkanes of at least 4 members (excludes halogenated alkanes) is 4. The molecule has 2 aliphatic rings. The van der Waals surface area contributed by atoms with E-state index >= 15 is 0 Å². The Morgan fingerprint density at radius 1 is 1.03 bits per heavy atom. The molecule has 39 heavy (non-hydrogen) atoms. The number of fused-ring (bicyclic) bond motifs is 1. The minimum absolute atomic E-state index is 0.166. The van der Waals surface area contributed by atoms with Gasteiger partial charge in [0, 0.05) is 39.2 Å². The van der Waals surface area contributed by atoms with Crippen molar-refractivity contribution in [2.24, 2.45) is 5.14 Å². The average Bonchev–Trinajstić information content (AvgIpc) is 3.26. The van der Waals surface area contributed by atoms with Crippen LogP contribution in [0, 0.1) is 0 Å². The zero-order valence-electron chi connectivity index (χ0n) is 22.9. The maximum absolute atomic E-state index is 12.4. The number of nitrogens with zero attached hydrogens (tertiary/aromatic N) is 1. The number of cyclic esters (lactones) is 1. The number of hydrogen-bond acceptors (Lipinski definition) is 7. The third-order valence-corrected chi connectivity index (χ3v) is 7.88. The molecule has 9 nitrogen and oxygen atoms in total. The lowest BCUT2D eigenvalue weighted by atomic mass is 10.0. The summed E-state index contributed by atoms with van der Waals surface area (Å²) in [5, 5.41) is 5.20. The molecule has 0 aromatic heterocycles. The maximum Gasteiger partial charge on any atom is 0.410 e. The predicted octanol–water partition coefficient (Wildman–Crippen LogP) is 5.07. The van der Waals surface area contributed by atoms with E-state index in [4.69, 9.17) is 24.1 Å². The molecule has 0 bridgehead atoms. The first-order chi connectivity index (χ1) is 18.6. The minimum atomic E-state index is -3.66. The van der Waals surface area contributed by atoms with Gasteiger partial charge < -0.3 is 23.8 Å². The van der Waals surface area contributed by atoms with Crippen LogP contribution in [0.3, 0.4) is 0 Å². The molecule has 2 aromatic carbocycles. The molecule has 0 aliphatic carbocycles. The van der Waals surface area contributed by atoms with E-state index in [1.165, 1.54) is 6.07 Å². The predicted molar refractivity (Wildman–Crippen MR) is 147 cm³/mol. The number of primary sulfonamides is 1. The molecule has 0 radical (unpaired) electrons. The largest absolute Gasteiger partial charge is 0.463 e. The summed E-state index contributed by atoms with van der Waals surface area (Å²) in [4.78, 5) is 14.3. The van der Waals surface area contributed by atoms with Crippen LogP contribution in [0.2, 0.25) is 0 Å². The number of carbonyl (C=O) groups is 1. The third kappa shape index (κ3) is 8.66. The Labute approximate surface area is 231 Å². The molecule has 1 fully saturated rings. The van der Waals surface area contributed by atoms with Crippen LogP contribution in [0.25, 0.3) is 0 Å². The summed E-state index contributed by atoms with van der Waals surface area (Å²) >= 11 is 0. The molecule has 0 saturated carbocycles. The summed E-state index contributed by atoms with van der Waals surface area (Å²) in [6.07, 6.45) is 6.13. The van der Waals surface area contributed by atoms with Gasteiger partial charge in [0.25, 0.3) is 0 Å². The quantitative estimate of drug-likeness (QED) is 0.321. The highest BCUT2D eigenvalue weighted by Crippen LogP contribution is 2.35. The molecule has 2 heterocycles. The SMILES string of the molecule is CC1(C)OCc2cc(C3CN(CCCCOCCCCCCc4cccc(S(N)(=O)=O)c4)C(=O)O3)ccc2O1. The van der Waals surface area contributed by atoms with E-state index < -0.39 is 15.8 Å². The summed E-state index contributed by atoms with van der Waals surface area (Å²) in [6.45, 7) is 6.83. The second-order valence-corrected chi connectivity index (χ2v) is 12.2. The van der Waals surface area contributed by atoms with Crippen molar-refractivity contribution in [1.82, 2.24) is 4.90 Å². The zero-order valence-corrected chi connectivity index (χ0v) is 23.7. The van der Waals surface area contributed by atoms with E-state index in [1.54, 1.807) is 17.0 Å². The smallest absolute Gasteiger partial charge is 0.410 e. The van der Waals surface area contributed by atoms with E-state index in [0.29, 0.717) is 26.3 Å². The number of rotatable bonds is 14. The number of sulfonamides is 1. The Morgan fingerprint density at radius 3 is 2.59 bits per heavy atom. The molecule has 2 aromatic rings. The molecule has 10 heteroatoms. The van der Waals surface area contributed by atoms with Gasteiger partial charge in [-0.3, -0.25) is 0 Å². The van der Waals surface area contributed by atoms with Crippen LogP contribution in [0.4, 0.5) is 4.79 Å². The number of benzene rings is 2. The van der Waals surface area contributed by atoms with Gasteiger partial charge in [-0.05, 0) is 67.5 Å². The van der Waals surface area contributed by atoms with E-state index in [0.717, 1.165) is 74.0 Å². The third-order valence-electron chi connectivity index (χ3n) is 6.97. The topological polar surface area (TPSA) is 117 Å². The highest BCUT2D eigenvalue weighted by atomic mass is 32.2. The van der Waals surface area contributed by atoms with Gasteiger partial charge in [-0.15, -0.1) is 0 Å². The highest BCUT2D eigenvalue weighted by molar-refractivity contribution is 7.89. The number of carbonyl (C=O) groups excluding carboxylic acids is 1.